The van der Waals surface area contributed by atoms with Crippen molar-refractivity contribution in [2.75, 3.05) is 6.61 Å². The Bertz CT molecular complexity index is 429. The van der Waals surface area contributed by atoms with Crippen LogP contribution in [0.15, 0.2) is 60.7 Å². The summed E-state index contributed by atoms with van der Waals surface area (Å²) in [6.07, 6.45) is -0.111. The molecule has 2 nitrogen and oxygen atoms in total. The van der Waals surface area contributed by atoms with Crippen LogP contribution in [0.1, 0.15) is 12.5 Å². The summed E-state index contributed by atoms with van der Waals surface area (Å²) in [4.78, 5) is 0. The Labute approximate surface area is 127 Å². The van der Waals surface area contributed by atoms with Gasteiger partial charge in [-0.3, -0.25) is 0 Å². The Morgan fingerprint density at radius 3 is 2.20 bits per heavy atom. The van der Waals surface area contributed by atoms with Gasteiger partial charge in [0.05, 0.1) is 0 Å². The van der Waals surface area contributed by atoms with E-state index in [-0.39, 0.29) is 6.29 Å². The zero-order valence-electron chi connectivity index (χ0n) is 11.7. The van der Waals surface area contributed by atoms with Crippen LogP contribution in [0.5, 0.6) is 0 Å². The molecule has 2 aromatic rings. The summed E-state index contributed by atoms with van der Waals surface area (Å²) in [5.74, 6) is 0. The van der Waals surface area contributed by atoms with Crippen molar-refractivity contribution < 1.29 is 9.47 Å². The van der Waals surface area contributed by atoms with Gasteiger partial charge in [-0.05, 0) is 0 Å². The van der Waals surface area contributed by atoms with Crippen LogP contribution in [0, 0.1) is 0 Å². The Kier molecular flexibility index (Phi) is 6.82. The molecule has 106 valence electrons. The van der Waals surface area contributed by atoms with E-state index in [9.17, 15) is 0 Å². The molecule has 2 aromatic carbocycles. The van der Waals surface area contributed by atoms with Crippen molar-refractivity contribution in [3.8, 4) is 0 Å². The van der Waals surface area contributed by atoms with Crippen LogP contribution in [0.25, 0.3) is 0 Å². The molecule has 0 bridgehead atoms. The van der Waals surface area contributed by atoms with Gasteiger partial charge in [-0.1, -0.05) is 0 Å². The minimum absolute atomic E-state index is 0.111. The number of benzene rings is 2. The van der Waals surface area contributed by atoms with Crippen LogP contribution >= 0.6 is 0 Å². The standard InChI is InChI=1S/C17H20O2Se/c1-2-18-17(14-20-16-11-7-4-8-12-16)19-13-15-9-5-3-6-10-15/h3-12,17H,2,13-14H2,1H3. The Hall–Kier alpha value is -1.12. The van der Waals surface area contributed by atoms with E-state index >= 15 is 0 Å². The second-order valence-electron chi connectivity index (χ2n) is 4.31. The van der Waals surface area contributed by atoms with Crippen molar-refractivity contribution >= 4 is 19.4 Å². The van der Waals surface area contributed by atoms with Gasteiger partial charge in [-0.2, -0.15) is 0 Å². The summed E-state index contributed by atoms with van der Waals surface area (Å²) in [5.41, 5.74) is 1.18. The molecule has 0 aromatic heterocycles. The van der Waals surface area contributed by atoms with Gasteiger partial charge in [0.2, 0.25) is 0 Å². The van der Waals surface area contributed by atoms with Crippen LogP contribution in [-0.2, 0) is 16.1 Å². The first-order valence-electron chi connectivity index (χ1n) is 6.83. The van der Waals surface area contributed by atoms with Crippen molar-refractivity contribution in [3.05, 3.63) is 66.2 Å². The molecule has 0 heterocycles. The van der Waals surface area contributed by atoms with Gasteiger partial charge in [-0.25, -0.2) is 0 Å². The first-order chi connectivity index (χ1) is 9.88. The van der Waals surface area contributed by atoms with Gasteiger partial charge in [0.1, 0.15) is 0 Å². The number of ether oxygens (including phenoxy) is 2. The second kappa shape index (κ2) is 8.93. The molecule has 0 amide bonds. The molecule has 0 saturated heterocycles. The third-order valence-electron chi connectivity index (χ3n) is 2.76. The fourth-order valence-electron chi connectivity index (χ4n) is 1.77. The van der Waals surface area contributed by atoms with E-state index in [0.717, 1.165) is 5.32 Å². The molecule has 0 saturated carbocycles. The third-order valence-corrected chi connectivity index (χ3v) is 4.95. The van der Waals surface area contributed by atoms with Crippen LogP contribution in [0.2, 0.25) is 5.32 Å². The van der Waals surface area contributed by atoms with Crippen molar-refractivity contribution in [2.45, 2.75) is 25.1 Å². The van der Waals surface area contributed by atoms with Gasteiger partial charge >= 0.3 is 127 Å². The molecule has 0 N–H and O–H groups in total. The normalized spacial score (nSPS) is 12.2. The van der Waals surface area contributed by atoms with Crippen molar-refractivity contribution in [1.82, 2.24) is 0 Å². The van der Waals surface area contributed by atoms with Gasteiger partial charge < -0.3 is 0 Å². The van der Waals surface area contributed by atoms with Crippen LogP contribution in [0.3, 0.4) is 0 Å². The van der Waals surface area contributed by atoms with Crippen LogP contribution in [0.4, 0.5) is 0 Å². The maximum atomic E-state index is 5.88. The summed E-state index contributed by atoms with van der Waals surface area (Å²) < 4.78 is 12.9. The van der Waals surface area contributed by atoms with Crippen LogP contribution < -0.4 is 4.46 Å². The van der Waals surface area contributed by atoms with E-state index in [1.54, 1.807) is 0 Å². The first-order valence-corrected chi connectivity index (χ1v) is 8.90. The Morgan fingerprint density at radius 2 is 1.55 bits per heavy atom. The molecule has 20 heavy (non-hydrogen) atoms. The van der Waals surface area contributed by atoms with E-state index in [1.165, 1.54) is 10.0 Å². The quantitative estimate of drug-likeness (QED) is 0.545. The number of hydrogen-bond acceptors (Lipinski definition) is 2. The molecule has 0 aliphatic rings. The predicted molar refractivity (Wildman–Crippen MR) is 83.3 cm³/mol. The molecule has 0 spiro atoms. The molecule has 0 aliphatic carbocycles. The monoisotopic (exact) mass is 336 g/mol. The third kappa shape index (κ3) is 5.48. The number of hydrogen-bond donors (Lipinski definition) is 0. The SMILES string of the molecule is CCOC(C[Se]c1ccccc1)OCc1ccccc1. The molecular weight excluding hydrogens is 315 g/mol. The fourth-order valence-corrected chi connectivity index (χ4v) is 3.60. The van der Waals surface area contributed by atoms with E-state index in [2.05, 4.69) is 36.4 Å². The van der Waals surface area contributed by atoms with Gasteiger partial charge in [0.25, 0.3) is 0 Å². The van der Waals surface area contributed by atoms with Crippen LogP contribution in [-0.4, -0.2) is 27.9 Å². The van der Waals surface area contributed by atoms with E-state index < -0.39 is 0 Å². The predicted octanol–water partition coefficient (Wildman–Crippen LogP) is 3.01. The summed E-state index contributed by atoms with van der Waals surface area (Å²) in [6.45, 7) is 3.30. The summed E-state index contributed by atoms with van der Waals surface area (Å²) >= 11 is 0.387. The zero-order valence-corrected chi connectivity index (χ0v) is 13.4. The average Bonchev–Trinajstić information content (AvgIpc) is 2.52. The fraction of sp³-hybridized carbons (Fsp3) is 0.294. The Morgan fingerprint density at radius 1 is 0.900 bits per heavy atom. The molecule has 0 aliphatic heterocycles. The summed E-state index contributed by atoms with van der Waals surface area (Å²) in [6, 6.07) is 20.8. The van der Waals surface area contributed by atoms with E-state index in [0.29, 0.717) is 28.2 Å². The van der Waals surface area contributed by atoms with Gasteiger partial charge in [0.15, 0.2) is 0 Å². The number of rotatable bonds is 8. The van der Waals surface area contributed by atoms with E-state index in [1.807, 2.05) is 31.2 Å². The maximum absolute atomic E-state index is 5.88. The summed E-state index contributed by atoms with van der Waals surface area (Å²) in [5, 5.41) is 0.942. The molecule has 0 fully saturated rings. The molecular formula is C17H20O2Se. The van der Waals surface area contributed by atoms with Crippen molar-refractivity contribution in [3.63, 3.8) is 0 Å². The molecule has 1 atom stereocenters. The Balaban J connectivity index is 1.81. The molecule has 3 heteroatoms. The average molecular weight is 335 g/mol. The van der Waals surface area contributed by atoms with Crippen molar-refractivity contribution in [1.29, 1.82) is 0 Å². The van der Waals surface area contributed by atoms with E-state index in [4.69, 9.17) is 9.47 Å². The van der Waals surface area contributed by atoms with Gasteiger partial charge in [0, 0.05) is 0 Å². The molecule has 0 radical (unpaired) electrons. The molecule has 2 rings (SSSR count). The zero-order chi connectivity index (χ0) is 14.0. The minimum atomic E-state index is -0.111. The summed E-state index contributed by atoms with van der Waals surface area (Å²) in [7, 11) is 0. The van der Waals surface area contributed by atoms with Crippen molar-refractivity contribution in [2.24, 2.45) is 0 Å². The second-order valence-corrected chi connectivity index (χ2v) is 6.60. The first kappa shape index (κ1) is 15.3. The van der Waals surface area contributed by atoms with Gasteiger partial charge in [-0.15, -0.1) is 0 Å². The molecule has 1 unspecified atom stereocenters. The topological polar surface area (TPSA) is 18.5 Å².